The normalized spacial score (nSPS) is 11.8. The van der Waals surface area contributed by atoms with Crippen molar-refractivity contribution in [1.82, 2.24) is 0 Å². The van der Waals surface area contributed by atoms with Gasteiger partial charge in [0.25, 0.3) is 5.91 Å². The Morgan fingerprint density at radius 1 is 1.12 bits per heavy atom. The zero-order valence-corrected chi connectivity index (χ0v) is 14.2. The van der Waals surface area contributed by atoms with Crippen molar-refractivity contribution >= 4 is 22.6 Å². The van der Waals surface area contributed by atoms with E-state index in [1.165, 1.54) is 25.3 Å². The lowest BCUT2D eigenvalue weighted by molar-refractivity contribution is -0.122. The quantitative estimate of drug-likeness (QED) is 0.539. The summed E-state index contributed by atoms with van der Waals surface area (Å²) in [6.07, 6.45) is -0.843. The zero-order chi connectivity index (χ0) is 18.7. The fraction of sp³-hybridized carbons (Fsp3) is 0.158. The van der Waals surface area contributed by atoms with Crippen LogP contribution in [0.15, 0.2) is 57.7 Å². The monoisotopic (exact) mass is 355 g/mol. The van der Waals surface area contributed by atoms with Crippen molar-refractivity contribution in [1.29, 1.82) is 0 Å². The summed E-state index contributed by atoms with van der Waals surface area (Å²) in [6.45, 7) is 1.57. The number of amides is 1. The summed E-state index contributed by atoms with van der Waals surface area (Å²) in [5.74, 6) is 0.299. The van der Waals surface area contributed by atoms with Gasteiger partial charge in [0.05, 0.1) is 12.8 Å². The number of phenols is 1. The number of ether oxygens (including phenoxy) is 2. The first-order valence-electron chi connectivity index (χ1n) is 7.85. The van der Waals surface area contributed by atoms with Gasteiger partial charge in [0, 0.05) is 23.6 Å². The third-order valence-corrected chi connectivity index (χ3v) is 3.74. The summed E-state index contributed by atoms with van der Waals surface area (Å²) >= 11 is 0. The highest BCUT2D eigenvalue weighted by Crippen LogP contribution is 2.28. The predicted molar refractivity (Wildman–Crippen MR) is 95.9 cm³/mol. The number of anilines is 1. The molecule has 0 bridgehead atoms. The van der Waals surface area contributed by atoms with Crippen molar-refractivity contribution < 1.29 is 23.8 Å². The first-order valence-corrected chi connectivity index (χ1v) is 7.85. The van der Waals surface area contributed by atoms with E-state index < -0.39 is 17.6 Å². The average Bonchev–Trinajstić information content (AvgIpc) is 2.62. The van der Waals surface area contributed by atoms with E-state index in [4.69, 9.17) is 13.9 Å². The van der Waals surface area contributed by atoms with Crippen LogP contribution in [0.1, 0.15) is 6.92 Å². The van der Waals surface area contributed by atoms with Gasteiger partial charge >= 0.3 is 5.63 Å². The second-order valence-corrected chi connectivity index (χ2v) is 5.59. The highest BCUT2D eigenvalue weighted by atomic mass is 16.5. The molecular formula is C19H17NO6. The smallest absolute Gasteiger partial charge is 0.336 e. The van der Waals surface area contributed by atoms with E-state index in [1.807, 2.05) is 0 Å². The minimum Gasteiger partial charge on any atom is -0.506 e. The van der Waals surface area contributed by atoms with Crippen molar-refractivity contribution in [2.24, 2.45) is 0 Å². The maximum Gasteiger partial charge on any atom is 0.336 e. The molecule has 1 heterocycles. The van der Waals surface area contributed by atoms with Crippen LogP contribution in [0.4, 0.5) is 5.69 Å². The van der Waals surface area contributed by atoms with Crippen molar-refractivity contribution in [2.75, 3.05) is 12.4 Å². The SMILES string of the molecule is COc1ccc(NC(=O)C(C)Oc2ccc3ccc(=O)oc3c2)c(O)c1. The number of carbonyl (C=O) groups is 1. The maximum atomic E-state index is 12.3. The summed E-state index contributed by atoms with van der Waals surface area (Å²) < 4.78 is 15.7. The van der Waals surface area contributed by atoms with E-state index in [0.29, 0.717) is 17.1 Å². The van der Waals surface area contributed by atoms with E-state index >= 15 is 0 Å². The molecule has 7 heteroatoms. The van der Waals surface area contributed by atoms with E-state index in [0.717, 1.165) is 5.39 Å². The van der Waals surface area contributed by atoms with Gasteiger partial charge in [-0.2, -0.15) is 0 Å². The lowest BCUT2D eigenvalue weighted by atomic mass is 10.2. The van der Waals surface area contributed by atoms with E-state index in [1.54, 1.807) is 37.3 Å². The summed E-state index contributed by atoms with van der Waals surface area (Å²) in [5, 5.41) is 13.2. The van der Waals surface area contributed by atoms with Crippen LogP contribution >= 0.6 is 0 Å². The molecule has 3 rings (SSSR count). The molecule has 0 saturated heterocycles. The third kappa shape index (κ3) is 3.77. The van der Waals surface area contributed by atoms with Gasteiger partial charge in [0.2, 0.25) is 0 Å². The molecule has 0 saturated carbocycles. The second-order valence-electron chi connectivity index (χ2n) is 5.59. The molecule has 1 atom stereocenters. The van der Waals surface area contributed by atoms with Gasteiger partial charge in [-0.15, -0.1) is 0 Å². The van der Waals surface area contributed by atoms with Gasteiger partial charge < -0.3 is 24.3 Å². The van der Waals surface area contributed by atoms with Crippen molar-refractivity contribution in [3.63, 3.8) is 0 Å². The molecule has 2 N–H and O–H groups in total. The maximum absolute atomic E-state index is 12.3. The van der Waals surface area contributed by atoms with Crippen LogP contribution in [0.2, 0.25) is 0 Å². The molecule has 2 aromatic carbocycles. The molecule has 26 heavy (non-hydrogen) atoms. The molecule has 7 nitrogen and oxygen atoms in total. The van der Waals surface area contributed by atoms with Crippen LogP contribution in [-0.2, 0) is 4.79 Å². The topological polar surface area (TPSA) is 98.0 Å². The number of fused-ring (bicyclic) bond motifs is 1. The molecule has 0 aliphatic heterocycles. The van der Waals surface area contributed by atoms with Gasteiger partial charge in [-0.25, -0.2) is 4.79 Å². The van der Waals surface area contributed by atoms with Gasteiger partial charge in [-0.1, -0.05) is 0 Å². The average molecular weight is 355 g/mol. The number of carbonyl (C=O) groups excluding carboxylic acids is 1. The van der Waals surface area contributed by atoms with Crippen LogP contribution in [0.25, 0.3) is 11.0 Å². The van der Waals surface area contributed by atoms with E-state index in [-0.39, 0.29) is 11.4 Å². The Balaban J connectivity index is 1.72. The Morgan fingerprint density at radius 3 is 2.58 bits per heavy atom. The molecule has 0 aliphatic rings. The molecule has 1 aromatic heterocycles. The fourth-order valence-corrected chi connectivity index (χ4v) is 2.35. The highest BCUT2D eigenvalue weighted by molar-refractivity contribution is 5.95. The Labute approximate surface area is 148 Å². The highest BCUT2D eigenvalue weighted by Gasteiger charge is 2.17. The van der Waals surface area contributed by atoms with Gasteiger partial charge in [-0.3, -0.25) is 4.79 Å². The standard InChI is InChI=1S/C19H17NO6/c1-11(19(23)20-15-7-6-13(24-2)9-16(15)21)25-14-5-3-12-4-8-18(22)26-17(12)10-14/h3-11,21H,1-2H3,(H,20,23). The lowest BCUT2D eigenvalue weighted by Gasteiger charge is -2.15. The molecule has 1 unspecified atom stereocenters. The number of hydrogen-bond donors (Lipinski definition) is 2. The minimum atomic E-state index is -0.843. The van der Waals surface area contributed by atoms with Crippen LogP contribution < -0.4 is 20.4 Å². The molecule has 1 amide bonds. The summed E-state index contributed by atoms with van der Waals surface area (Å²) in [7, 11) is 1.48. The zero-order valence-electron chi connectivity index (χ0n) is 14.2. The Kier molecular flexibility index (Phi) is 4.79. The van der Waals surface area contributed by atoms with Gasteiger partial charge in [0.15, 0.2) is 6.10 Å². The molecule has 0 radical (unpaired) electrons. The summed E-state index contributed by atoms with van der Waals surface area (Å²) in [6, 6.07) is 12.5. The first kappa shape index (κ1) is 17.3. The molecule has 0 fully saturated rings. The van der Waals surface area contributed by atoms with Crippen molar-refractivity contribution in [2.45, 2.75) is 13.0 Å². The molecular weight excluding hydrogens is 338 g/mol. The number of phenolic OH excluding ortho intramolecular Hbond substituents is 1. The van der Waals surface area contributed by atoms with E-state index in [2.05, 4.69) is 5.32 Å². The Bertz CT molecular complexity index is 1010. The van der Waals surface area contributed by atoms with Crippen LogP contribution in [-0.4, -0.2) is 24.2 Å². The number of nitrogens with one attached hydrogen (secondary N) is 1. The Morgan fingerprint density at radius 2 is 1.85 bits per heavy atom. The number of aromatic hydroxyl groups is 1. The number of benzene rings is 2. The van der Waals surface area contributed by atoms with Crippen molar-refractivity contribution in [3.05, 3.63) is 59.0 Å². The molecule has 0 aliphatic carbocycles. The number of methoxy groups -OCH3 is 1. The molecule has 0 spiro atoms. The van der Waals surface area contributed by atoms with Crippen LogP contribution in [0.3, 0.4) is 0 Å². The van der Waals surface area contributed by atoms with Crippen LogP contribution in [0.5, 0.6) is 17.2 Å². The first-order chi connectivity index (χ1) is 12.5. The number of hydrogen-bond acceptors (Lipinski definition) is 6. The van der Waals surface area contributed by atoms with Crippen LogP contribution in [0, 0.1) is 0 Å². The summed E-state index contributed by atoms with van der Waals surface area (Å²) in [4.78, 5) is 23.6. The van der Waals surface area contributed by atoms with Gasteiger partial charge in [0.1, 0.15) is 22.8 Å². The largest absolute Gasteiger partial charge is 0.506 e. The predicted octanol–water partition coefficient (Wildman–Crippen LogP) is 2.91. The minimum absolute atomic E-state index is 0.114. The van der Waals surface area contributed by atoms with E-state index in [9.17, 15) is 14.7 Å². The second kappa shape index (κ2) is 7.18. The number of rotatable bonds is 5. The fourth-order valence-electron chi connectivity index (χ4n) is 2.35. The molecule has 3 aromatic rings. The molecule has 134 valence electrons. The lowest BCUT2D eigenvalue weighted by Crippen LogP contribution is -2.30. The summed E-state index contributed by atoms with van der Waals surface area (Å²) in [5.41, 5.74) is 0.154. The Hall–Kier alpha value is -3.48. The van der Waals surface area contributed by atoms with Gasteiger partial charge in [-0.05, 0) is 37.3 Å². The van der Waals surface area contributed by atoms with Crippen molar-refractivity contribution in [3.8, 4) is 17.2 Å². The third-order valence-electron chi connectivity index (χ3n) is 3.74.